The van der Waals surface area contributed by atoms with Crippen LogP contribution >= 0.6 is 23.2 Å². The predicted molar refractivity (Wildman–Crippen MR) is 161 cm³/mol. The lowest BCUT2D eigenvalue weighted by Crippen LogP contribution is -2.53. The molecule has 0 heterocycles. The number of nitrogens with one attached hydrogen (secondary N) is 1. The second-order valence-corrected chi connectivity index (χ2v) is 12.4. The third kappa shape index (κ3) is 7.77. The minimum atomic E-state index is -4.22. The summed E-state index contributed by atoms with van der Waals surface area (Å²) in [6.07, 6.45) is 1.07. The lowest BCUT2D eigenvalue weighted by Gasteiger charge is -2.34. The zero-order valence-electron chi connectivity index (χ0n) is 23.1. The Labute approximate surface area is 247 Å². The Hall–Kier alpha value is -3.07. The van der Waals surface area contributed by atoms with Gasteiger partial charge in [-0.05, 0) is 62.6 Å². The average Bonchev–Trinajstić information content (AvgIpc) is 2.92. The summed E-state index contributed by atoms with van der Waals surface area (Å²) in [5.41, 5.74) is 1.93. The van der Waals surface area contributed by atoms with Gasteiger partial charge in [-0.3, -0.25) is 13.9 Å². The van der Waals surface area contributed by atoms with Gasteiger partial charge in [-0.15, -0.1) is 0 Å². The molecule has 10 heteroatoms. The van der Waals surface area contributed by atoms with E-state index in [-0.39, 0.29) is 34.1 Å². The van der Waals surface area contributed by atoms with Crippen LogP contribution in [-0.2, 0) is 26.2 Å². The Kier molecular flexibility index (Phi) is 11.0. The Bertz CT molecular complexity index is 1430. The number of carbonyl (C=O) groups is 2. The third-order valence-corrected chi connectivity index (χ3v) is 8.92. The number of anilines is 1. The van der Waals surface area contributed by atoms with Crippen LogP contribution < -0.4 is 9.62 Å². The molecule has 0 saturated heterocycles. The molecular weight excluding hydrogens is 569 g/mol. The molecule has 40 heavy (non-hydrogen) atoms. The highest BCUT2D eigenvalue weighted by atomic mass is 35.5. The maximum atomic E-state index is 14.1. The van der Waals surface area contributed by atoms with Gasteiger partial charge in [0.15, 0.2) is 0 Å². The number of hydrogen-bond donors (Lipinski definition) is 1. The molecule has 2 amide bonds. The first-order chi connectivity index (χ1) is 19.0. The third-order valence-electron chi connectivity index (χ3n) is 6.61. The summed E-state index contributed by atoms with van der Waals surface area (Å²) in [7, 11) is -4.22. The van der Waals surface area contributed by atoms with Gasteiger partial charge in [0.1, 0.15) is 12.6 Å². The van der Waals surface area contributed by atoms with Crippen molar-refractivity contribution in [2.24, 2.45) is 0 Å². The van der Waals surface area contributed by atoms with E-state index in [0.717, 1.165) is 21.9 Å². The van der Waals surface area contributed by atoms with Crippen molar-refractivity contribution in [3.8, 4) is 0 Å². The number of aryl methyl sites for hydroxylation is 1. The summed E-state index contributed by atoms with van der Waals surface area (Å²) in [4.78, 5) is 28.9. The lowest BCUT2D eigenvalue weighted by molar-refractivity contribution is -0.140. The number of benzene rings is 3. The van der Waals surface area contributed by atoms with E-state index in [1.54, 1.807) is 18.2 Å². The van der Waals surface area contributed by atoms with E-state index in [1.807, 2.05) is 52.0 Å². The van der Waals surface area contributed by atoms with Crippen molar-refractivity contribution in [3.63, 3.8) is 0 Å². The summed E-state index contributed by atoms with van der Waals surface area (Å²) in [5.74, 6) is -0.835. The van der Waals surface area contributed by atoms with E-state index in [1.165, 1.54) is 35.2 Å². The van der Waals surface area contributed by atoms with Crippen molar-refractivity contribution in [1.29, 1.82) is 0 Å². The van der Waals surface area contributed by atoms with Gasteiger partial charge < -0.3 is 10.2 Å². The molecule has 0 bridgehead atoms. The SMILES string of the molecule is CCC(C)NC(=O)C(CC)N(Cc1cccc(C)c1)C(=O)CN(c1ccc(Cl)cc1Cl)S(=O)(=O)c1ccccc1. The number of amides is 2. The number of hydrogen-bond acceptors (Lipinski definition) is 4. The quantitative estimate of drug-likeness (QED) is 0.266. The molecule has 0 radical (unpaired) electrons. The Morgan fingerprint density at radius 1 is 0.925 bits per heavy atom. The number of carbonyl (C=O) groups excluding carboxylic acids is 2. The van der Waals surface area contributed by atoms with E-state index in [2.05, 4.69) is 5.32 Å². The van der Waals surface area contributed by atoms with Gasteiger partial charge in [-0.2, -0.15) is 0 Å². The van der Waals surface area contributed by atoms with Crippen LogP contribution in [-0.4, -0.2) is 43.8 Å². The lowest BCUT2D eigenvalue weighted by atomic mass is 10.1. The van der Waals surface area contributed by atoms with Crippen molar-refractivity contribution < 1.29 is 18.0 Å². The molecule has 0 saturated carbocycles. The monoisotopic (exact) mass is 603 g/mol. The Balaban J connectivity index is 2.08. The highest BCUT2D eigenvalue weighted by Crippen LogP contribution is 2.33. The highest BCUT2D eigenvalue weighted by molar-refractivity contribution is 7.92. The van der Waals surface area contributed by atoms with Crippen molar-refractivity contribution in [1.82, 2.24) is 10.2 Å². The first-order valence-corrected chi connectivity index (χ1v) is 15.4. The standard InChI is InChI=1S/C30H35Cl2N3O4S/c1-5-22(4)33-30(37)27(6-2)34(19-23-12-10-11-21(3)17-23)29(36)20-35(28-16-15-24(31)18-26(28)32)40(38,39)25-13-8-7-9-14-25/h7-18,22,27H,5-6,19-20H2,1-4H3,(H,33,37). The Morgan fingerprint density at radius 3 is 2.23 bits per heavy atom. The van der Waals surface area contributed by atoms with Crippen LogP contribution in [0.1, 0.15) is 44.7 Å². The van der Waals surface area contributed by atoms with Crippen LogP contribution in [0.2, 0.25) is 10.0 Å². The second kappa shape index (κ2) is 14.0. The fourth-order valence-electron chi connectivity index (χ4n) is 4.28. The molecule has 0 fully saturated rings. The first-order valence-electron chi connectivity index (χ1n) is 13.2. The predicted octanol–water partition coefficient (Wildman–Crippen LogP) is 6.22. The number of rotatable bonds is 12. The van der Waals surface area contributed by atoms with E-state index in [0.29, 0.717) is 11.4 Å². The van der Waals surface area contributed by atoms with Gasteiger partial charge in [0.05, 0.1) is 15.6 Å². The molecular formula is C30H35Cl2N3O4S. The minimum absolute atomic E-state index is 0.000561. The summed E-state index contributed by atoms with van der Waals surface area (Å²) in [5, 5.41) is 3.37. The molecule has 0 aromatic heterocycles. The van der Waals surface area contributed by atoms with Crippen molar-refractivity contribution >= 4 is 50.7 Å². The molecule has 0 aliphatic carbocycles. The maximum absolute atomic E-state index is 14.1. The Morgan fingerprint density at radius 2 is 1.62 bits per heavy atom. The van der Waals surface area contributed by atoms with Crippen LogP contribution in [0.3, 0.4) is 0 Å². The van der Waals surface area contributed by atoms with Crippen LogP contribution in [0.15, 0.2) is 77.7 Å². The molecule has 0 aliphatic heterocycles. The summed E-state index contributed by atoms with van der Waals surface area (Å²) in [6, 6.07) is 19.0. The van der Waals surface area contributed by atoms with Gasteiger partial charge in [0.2, 0.25) is 11.8 Å². The summed E-state index contributed by atoms with van der Waals surface area (Å²) in [6.45, 7) is 7.18. The summed E-state index contributed by atoms with van der Waals surface area (Å²) >= 11 is 12.6. The van der Waals surface area contributed by atoms with E-state index in [9.17, 15) is 18.0 Å². The molecule has 3 rings (SSSR count). The molecule has 0 aliphatic rings. The fraction of sp³-hybridized carbons (Fsp3) is 0.333. The number of halogens is 2. The van der Waals surface area contributed by atoms with Gasteiger partial charge in [0.25, 0.3) is 10.0 Å². The molecule has 3 aromatic carbocycles. The minimum Gasteiger partial charge on any atom is -0.352 e. The van der Waals surface area contributed by atoms with Crippen LogP contribution in [0.5, 0.6) is 0 Å². The van der Waals surface area contributed by atoms with Gasteiger partial charge in [-0.1, -0.05) is 85.1 Å². The summed E-state index contributed by atoms with van der Waals surface area (Å²) < 4.78 is 28.7. The normalized spacial score (nSPS) is 12.8. The number of sulfonamides is 1. The molecule has 2 unspecified atom stereocenters. The largest absolute Gasteiger partial charge is 0.352 e. The smallest absolute Gasteiger partial charge is 0.264 e. The highest BCUT2D eigenvalue weighted by Gasteiger charge is 2.34. The maximum Gasteiger partial charge on any atom is 0.264 e. The van der Waals surface area contributed by atoms with Gasteiger partial charge in [-0.25, -0.2) is 8.42 Å². The van der Waals surface area contributed by atoms with Crippen molar-refractivity contribution in [2.45, 2.75) is 64.1 Å². The van der Waals surface area contributed by atoms with Gasteiger partial charge >= 0.3 is 0 Å². The molecule has 1 N–H and O–H groups in total. The van der Waals surface area contributed by atoms with Crippen molar-refractivity contribution in [3.05, 3.63) is 94.0 Å². The van der Waals surface area contributed by atoms with E-state index in [4.69, 9.17) is 23.2 Å². The second-order valence-electron chi connectivity index (χ2n) is 9.67. The van der Waals surface area contributed by atoms with Crippen molar-refractivity contribution in [2.75, 3.05) is 10.8 Å². The first kappa shape index (κ1) is 31.5. The van der Waals surface area contributed by atoms with Gasteiger partial charge in [0, 0.05) is 17.6 Å². The van der Waals surface area contributed by atoms with Crippen LogP contribution in [0, 0.1) is 6.92 Å². The topological polar surface area (TPSA) is 86.8 Å². The molecule has 0 spiro atoms. The molecule has 214 valence electrons. The number of nitrogens with zero attached hydrogens (tertiary/aromatic N) is 2. The van der Waals surface area contributed by atoms with E-state index >= 15 is 0 Å². The average molecular weight is 605 g/mol. The fourth-order valence-corrected chi connectivity index (χ4v) is 6.30. The molecule has 2 atom stereocenters. The van der Waals surface area contributed by atoms with Crippen LogP contribution in [0.4, 0.5) is 5.69 Å². The zero-order chi connectivity index (χ0) is 29.4. The molecule has 3 aromatic rings. The molecule has 7 nitrogen and oxygen atoms in total. The van der Waals surface area contributed by atoms with E-state index < -0.39 is 28.5 Å². The van der Waals surface area contributed by atoms with Crippen LogP contribution in [0.25, 0.3) is 0 Å². The zero-order valence-corrected chi connectivity index (χ0v) is 25.4.